The third kappa shape index (κ3) is 2.38. The summed E-state index contributed by atoms with van der Waals surface area (Å²) in [6.45, 7) is 7.86. The second-order valence-corrected chi connectivity index (χ2v) is 5.79. The van der Waals surface area contributed by atoms with Crippen LogP contribution in [0.1, 0.15) is 38.2 Å². The average Bonchev–Trinajstić information content (AvgIpc) is 2.57. The SMILES string of the molecule is COC(=O)c1ncc(B2OC(C)(C)C(C)(C)O2)cc1N. The van der Waals surface area contributed by atoms with Gasteiger partial charge in [0, 0.05) is 11.7 Å². The summed E-state index contributed by atoms with van der Waals surface area (Å²) in [5, 5.41) is 0. The van der Waals surface area contributed by atoms with E-state index in [-0.39, 0.29) is 11.4 Å². The van der Waals surface area contributed by atoms with Crippen LogP contribution in [0.15, 0.2) is 12.3 Å². The lowest BCUT2D eigenvalue weighted by Gasteiger charge is -2.32. The average molecular weight is 278 g/mol. The molecule has 1 aliphatic heterocycles. The molecule has 0 aliphatic carbocycles. The summed E-state index contributed by atoms with van der Waals surface area (Å²) in [6, 6.07) is 1.63. The minimum absolute atomic E-state index is 0.0905. The molecule has 1 fully saturated rings. The van der Waals surface area contributed by atoms with E-state index in [1.54, 1.807) is 6.07 Å². The topological polar surface area (TPSA) is 83.7 Å². The molecule has 1 aromatic heterocycles. The number of hydrogen-bond acceptors (Lipinski definition) is 6. The molecular weight excluding hydrogens is 259 g/mol. The highest BCUT2D eigenvalue weighted by atomic mass is 16.7. The molecule has 0 aromatic carbocycles. The molecule has 2 N–H and O–H groups in total. The fourth-order valence-corrected chi connectivity index (χ4v) is 1.87. The molecule has 1 aliphatic rings. The van der Waals surface area contributed by atoms with Gasteiger partial charge in [0.15, 0.2) is 5.69 Å². The number of carbonyl (C=O) groups excluding carboxylic acids is 1. The fourth-order valence-electron chi connectivity index (χ4n) is 1.87. The van der Waals surface area contributed by atoms with Gasteiger partial charge in [-0.05, 0) is 33.8 Å². The number of aromatic nitrogens is 1. The van der Waals surface area contributed by atoms with Crippen molar-refractivity contribution < 1.29 is 18.8 Å². The highest BCUT2D eigenvalue weighted by molar-refractivity contribution is 6.62. The third-order valence-corrected chi connectivity index (χ3v) is 3.84. The number of pyridine rings is 1. The van der Waals surface area contributed by atoms with Gasteiger partial charge in [-0.2, -0.15) is 0 Å². The van der Waals surface area contributed by atoms with Gasteiger partial charge >= 0.3 is 13.1 Å². The molecular formula is C13H19BN2O4. The quantitative estimate of drug-likeness (QED) is 0.635. The Hall–Kier alpha value is -1.60. The zero-order valence-electron chi connectivity index (χ0n) is 12.4. The van der Waals surface area contributed by atoms with E-state index in [1.807, 2.05) is 27.7 Å². The van der Waals surface area contributed by atoms with Crippen molar-refractivity contribution in [3.63, 3.8) is 0 Å². The number of rotatable bonds is 2. The summed E-state index contributed by atoms with van der Waals surface area (Å²) in [5.41, 5.74) is 5.96. The van der Waals surface area contributed by atoms with Gasteiger partial charge in [-0.15, -0.1) is 0 Å². The summed E-state index contributed by atoms with van der Waals surface area (Å²) in [6.07, 6.45) is 1.52. The Bertz CT molecular complexity index is 529. The van der Waals surface area contributed by atoms with Crippen LogP contribution < -0.4 is 11.2 Å². The lowest BCUT2D eigenvalue weighted by Crippen LogP contribution is -2.41. The number of ether oxygens (including phenoxy) is 1. The summed E-state index contributed by atoms with van der Waals surface area (Å²) in [5.74, 6) is -0.567. The van der Waals surface area contributed by atoms with Gasteiger partial charge < -0.3 is 19.8 Å². The Labute approximate surface area is 118 Å². The van der Waals surface area contributed by atoms with Crippen LogP contribution in [0.4, 0.5) is 5.69 Å². The lowest BCUT2D eigenvalue weighted by molar-refractivity contribution is 0.00578. The number of hydrogen-bond donors (Lipinski definition) is 1. The molecule has 6 nitrogen and oxygen atoms in total. The monoisotopic (exact) mass is 278 g/mol. The highest BCUT2D eigenvalue weighted by Gasteiger charge is 2.51. The van der Waals surface area contributed by atoms with E-state index in [0.29, 0.717) is 5.46 Å². The van der Waals surface area contributed by atoms with Gasteiger partial charge in [0.25, 0.3) is 0 Å². The standard InChI is InChI=1S/C13H19BN2O4/c1-12(2)13(3,4)20-14(19-12)8-6-9(15)10(16-7-8)11(17)18-5/h6-7H,15H2,1-5H3. The van der Waals surface area contributed by atoms with Crippen LogP contribution in [0.2, 0.25) is 0 Å². The van der Waals surface area contributed by atoms with E-state index < -0.39 is 24.3 Å². The number of nitrogens with zero attached hydrogens (tertiary/aromatic N) is 1. The highest BCUT2D eigenvalue weighted by Crippen LogP contribution is 2.36. The first kappa shape index (κ1) is 14.8. The Morgan fingerprint density at radius 1 is 1.30 bits per heavy atom. The lowest BCUT2D eigenvalue weighted by atomic mass is 9.80. The van der Waals surface area contributed by atoms with Crippen LogP contribution in [0.25, 0.3) is 0 Å². The number of carbonyl (C=O) groups is 1. The molecule has 2 rings (SSSR count). The van der Waals surface area contributed by atoms with E-state index in [4.69, 9.17) is 15.0 Å². The molecule has 0 bridgehead atoms. The zero-order valence-corrected chi connectivity index (χ0v) is 12.4. The second-order valence-electron chi connectivity index (χ2n) is 5.79. The van der Waals surface area contributed by atoms with E-state index in [0.717, 1.165) is 0 Å². The molecule has 1 saturated heterocycles. The van der Waals surface area contributed by atoms with Crippen LogP contribution >= 0.6 is 0 Å². The summed E-state index contributed by atoms with van der Waals surface area (Å²) in [7, 11) is 0.729. The Morgan fingerprint density at radius 2 is 1.85 bits per heavy atom. The summed E-state index contributed by atoms with van der Waals surface area (Å²) < 4.78 is 16.4. The Balaban J connectivity index is 2.28. The van der Waals surface area contributed by atoms with Crippen LogP contribution in [0.3, 0.4) is 0 Å². The maximum absolute atomic E-state index is 11.4. The van der Waals surface area contributed by atoms with Crippen molar-refractivity contribution in [2.75, 3.05) is 12.8 Å². The summed E-state index contributed by atoms with van der Waals surface area (Å²) in [4.78, 5) is 15.5. The van der Waals surface area contributed by atoms with E-state index in [2.05, 4.69) is 9.72 Å². The third-order valence-electron chi connectivity index (χ3n) is 3.84. The van der Waals surface area contributed by atoms with E-state index in [9.17, 15) is 4.79 Å². The van der Waals surface area contributed by atoms with Crippen LogP contribution in [-0.2, 0) is 14.0 Å². The minimum atomic E-state index is -0.567. The van der Waals surface area contributed by atoms with Crippen molar-refractivity contribution in [1.29, 1.82) is 0 Å². The maximum Gasteiger partial charge on any atom is 0.496 e. The van der Waals surface area contributed by atoms with Gasteiger partial charge in [0.1, 0.15) is 0 Å². The van der Waals surface area contributed by atoms with Crippen molar-refractivity contribution in [1.82, 2.24) is 4.98 Å². The predicted octanol–water partition coefficient (Wildman–Crippen LogP) is 0.750. The number of esters is 1. The molecule has 20 heavy (non-hydrogen) atoms. The first-order chi connectivity index (χ1) is 9.18. The number of anilines is 1. The summed E-state index contributed by atoms with van der Waals surface area (Å²) >= 11 is 0. The van der Waals surface area contributed by atoms with Gasteiger partial charge in [-0.25, -0.2) is 9.78 Å². The first-order valence-corrected chi connectivity index (χ1v) is 6.37. The normalized spacial score (nSPS) is 19.9. The molecule has 7 heteroatoms. The van der Waals surface area contributed by atoms with Gasteiger partial charge in [0.05, 0.1) is 24.0 Å². The van der Waals surface area contributed by atoms with Crippen molar-refractivity contribution in [3.05, 3.63) is 18.0 Å². The molecule has 0 unspecified atom stereocenters. The van der Waals surface area contributed by atoms with Crippen molar-refractivity contribution in [3.8, 4) is 0 Å². The fraction of sp³-hybridized carbons (Fsp3) is 0.538. The molecule has 0 amide bonds. The smallest absolute Gasteiger partial charge is 0.464 e. The van der Waals surface area contributed by atoms with Crippen molar-refractivity contribution in [2.24, 2.45) is 0 Å². The number of nitrogens with two attached hydrogens (primary N) is 1. The zero-order chi connectivity index (χ0) is 15.1. The van der Waals surface area contributed by atoms with E-state index >= 15 is 0 Å². The van der Waals surface area contributed by atoms with Gasteiger partial charge in [-0.1, -0.05) is 0 Å². The molecule has 2 heterocycles. The van der Waals surface area contributed by atoms with Crippen LogP contribution in [-0.4, -0.2) is 36.4 Å². The van der Waals surface area contributed by atoms with Crippen LogP contribution in [0, 0.1) is 0 Å². The van der Waals surface area contributed by atoms with E-state index in [1.165, 1.54) is 13.3 Å². The molecule has 1 aromatic rings. The van der Waals surface area contributed by atoms with Crippen LogP contribution in [0.5, 0.6) is 0 Å². The largest absolute Gasteiger partial charge is 0.496 e. The maximum atomic E-state index is 11.4. The van der Waals surface area contributed by atoms with Gasteiger partial charge in [0.2, 0.25) is 0 Å². The molecule has 0 saturated carbocycles. The molecule has 0 radical (unpaired) electrons. The number of nitrogen functional groups attached to an aromatic ring is 1. The Kier molecular flexibility index (Phi) is 3.52. The minimum Gasteiger partial charge on any atom is -0.464 e. The van der Waals surface area contributed by atoms with Gasteiger partial charge in [-0.3, -0.25) is 0 Å². The molecule has 0 spiro atoms. The predicted molar refractivity (Wildman–Crippen MR) is 75.7 cm³/mol. The second kappa shape index (κ2) is 4.75. The molecule has 108 valence electrons. The van der Waals surface area contributed by atoms with Crippen molar-refractivity contribution >= 4 is 24.2 Å². The number of methoxy groups -OCH3 is 1. The first-order valence-electron chi connectivity index (χ1n) is 6.37. The van der Waals surface area contributed by atoms with Crippen molar-refractivity contribution in [2.45, 2.75) is 38.9 Å². The Morgan fingerprint density at radius 3 is 2.30 bits per heavy atom. The molecule has 0 atom stereocenters.